The van der Waals surface area contributed by atoms with Crippen LogP contribution < -0.4 is 10.6 Å². The molecule has 5 rings (SSSR count). The van der Waals surface area contributed by atoms with E-state index in [0.717, 1.165) is 41.9 Å². The molecule has 0 aromatic heterocycles. The van der Waals surface area contributed by atoms with Gasteiger partial charge in [-0.25, -0.2) is 4.79 Å². The fraction of sp³-hybridized carbons (Fsp3) is 0.364. The summed E-state index contributed by atoms with van der Waals surface area (Å²) >= 11 is 0. The van der Waals surface area contributed by atoms with Crippen LogP contribution >= 0.6 is 0 Å². The van der Waals surface area contributed by atoms with Crippen molar-refractivity contribution in [2.24, 2.45) is 11.3 Å². The second-order valence-electron chi connectivity index (χ2n) is 11.5. The zero-order valence-corrected chi connectivity index (χ0v) is 23.5. The number of benzene rings is 3. The minimum absolute atomic E-state index is 0.0775. The Bertz CT molecular complexity index is 1370. The average Bonchev–Trinajstić information content (AvgIpc) is 3.43. The number of carboxylic acid groups (broad SMARTS) is 1. The standard InChI is InChI=1S/C33H37N3O5/c1-22-17-36(18-23-10-4-3-5-11-23)21-33(22,2)20-34-31(39)29(16-30(37)38)35-32(40)41-19-28-26-14-8-6-12-24(26)25-13-7-9-15-27(25)28/h3-15,22,28-29H,16-21H2,1-2H3,(H,34,39)(H,35,40)(H,37,38). The number of ether oxygens (including phenoxy) is 1. The second-order valence-corrected chi connectivity index (χ2v) is 11.5. The largest absolute Gasteiger partial charge is 0.481 e. The molecule has 0 saturated carbocycles. The highest BCUT2D eigenvalue weighted by Gasteiger charge is 2.41. The molecule has 1 aliphatic carbocycles. The highest BCUT2D eigenvalue weighted by atomic mass is 16.5. The fourth-order valence-corrected chi connectivity index (χ4v) is 6.11. The number of carbonyl (C=O) groups is 3. The van der Waals surface area contributed by atoms with E-state index in [1.54, 1.807) is 0 Å². The van der Waals surface area contributed by atoms with Crippen LogP contribution in [0.25, 0.3) is 11.1 Å². The molecule has 0 radical (unpaired) electrons. The van der Waals surface area contributed by atoms with Crippen LogP contribution in [0.1, 0.15) is 42.9 Å². The highest BCUT2D eigenvalue weighted by Crippen LogP contribution is 2.44. The van der Waals surface area contributed by atoms with Gasteiger partial charge in [-0.05, 0) is 33.7 Å². The number of hydrogen-bond acceptors (Lipinski definition) is 5. The smallest absolute Gasteiger partial charge is 0.407 e. The number of nitrogens with zero attached hydrogens (tertiary/aromatic N) is 1. The molecular weight excluding hydrogens is 518 g/mol. The molecule has 1 saturated heterocycles. The van der Waals surface area contributed by atoms with Gasteiger partial charge in [-0.3, -0.25) is 14.5 Å². The third-order valence-corrected chi connectivity index (χ3v) is 8.55. The third kappa shape index (κ3) is 6.43. The number of likely N-dealkylation sites (tertiary alicyclic amines) is 1. The topological polar surface area (TPSA) is 108 Å². The van der Waals surface area contributed by atoms with Crippen LogP contribution in [0, 0.1) is 11.3 Å². The zero-order valence-electron chi connectivity index (χ0n) is 23.5. The van der Waals surface area contributed by atoms with Crippen molar-refractivity contribution in [3.63, 3.8) is 0 Å². The number of nitrogens with one attached hydrogen (secondary N) is 2. The molecule has 3 aromatic rings. The molecular formula is C33H37N3O5. The SMILES string of the molecule is CC1CN(Cc2ccccc2)CC1(C)CNC(=O)C(CC(=O)O)NC(=O)OCC1c2ccccc2-c2ccccc21. The van der Waals surface area contributed by atoms with E-state index in [1.165, 1.54) is 5.56 Å². The molecule has 8 heteroatoms. The molecule has 1 fully saturated rings. The van der Waals surface area contributed by atoms with Crippen LogP contribution in [-0.2, 0) is 20.9 Å². The first-order valence-corrected chi connectivity index (χ1v) is 14.1. The number of hydrogen-bond donors (Lipinski definition) is 3. The van der Waals surface area contributed by atoms with E-state index >= 15 is 0 Å². The predicted molar refractivity (Wildman–Crippen MR) is 156 cm³/mol. The number of fused-ring (bicyclic) bond motifs is 3. The molecule has 0 spiro atoms. The van der Waals surface area contributed by atoms with Gasteiger partial charge < -0.3 is 20.5 Å². The Kier molecular flexibility index (Phi) is 8.40. The summed E-state index contributed by atoms with van der Waals surface area (Å²) in [4.78, 5) is 39.8. The fourth-order valence-electron chi connectivity index (χ4n) is 6.11. The average molecular weight is 556 g/mol. The van der Waals surface area contributed by atoms with Crippen LogP contribution in [0.4, 0.5) is 4.79 Å². The summed E-state index contributed by atoms with van der Waals surface area (Å²) in [6.45, 7) is 7.29. The Morgan fingerprint density at radius 3 is 2.22 bits per heavy atom. The summed E-state index contributed by atoms with van der Waals surface area (Å²) in [6, 6.07) is 25.0. The summed E-state index contributed by atoms with van der Waals surface area (Å²) in [5, 5.41) is 14.8. The molecule has 3 aromatic carbocycles. The summed E-state index contributed by atoms with van der Waals surface area (Å²) < 4.78 is 5.56. The molecule has 41 heavy (non-hydrogen) atoms. The molecule has 0 bridgehead atoms. The lowest BCUT2D eigenvalue weighted by Crippen LogP contribution is -2.51. The van der Waals surface area contributed by atoms with Gasteiger partial charge in [0.25, 0.3) is 0 Å². The van der Waals surface area contributed by atoms with Gasteiger partial charge in [0.1, 0.15) is 12.6 Å². The molecule has 1 heterocycles. The second kappa shape index (κ2) is 12.1. The molecule has 3 N–H and O–H groups in total. The Morgan fingerprint density at radius 2 is 1.59 bits per heavy atom. The van der Waals surface area contributed by atoms with E-state index in [-0.39, 0.29) is 17.9 Å². The lowest BCUT2D eigenvalue weighted by molar-refractivity contribution is -0.139. The molecule has 2 amide bonds. The number of carboxylic acids is 1. The first kappa shape index (κ1) is 28.4. The molecule has 1 aliphatic heterocycles. The molecule has 214 valence electrons. The molecule has 8 nitrogen and oxygen atoms in total. The van der Waals surface area contributed by atoms with E-state index < -0.39 is 30.4 Å². The van der Waals surface area contributed by atoms with Gasteiger partial charge in [-0.15, -0.1) is 0 Å². The third-order valence-electron chi connectivity index (χ3n) is 8.55. The Balaban J connectivity index is 1.17. The maximum absolute atomic E-state index is 13.1. The minimum atomic E-state index is -1.25. The number of carbonyl (C=O) groups excluding carboxylic acids is 2. The minimum Gasteiger partial charge on any atom is -0.481 e. The van der Waals surface area contributed by atoms with Gasteiger partial charge in [0.2, 0.25) is 5.91 Å². The molecule has 2 aliphatic rings. The van der Waals surface area contributed by atoms with Gasteiger partial charge in [0.05, 0.1) is 6.42 Å². The van der Waals surface area contributed by atoms with Crippen LogP contribution in [-0.4, -0.2) is 60.3 Å². The van der Waals surface area contributed by atoms with Crippen LogP contribution in [0.15, 0.2) is 78.9 Å². The van der Waals surface area contributed by atoms with Crippen LogP contribution in [0.2, 0.25) is 0 Å². The summed E-state index contributed by atoms with van der Waals surface area (Å²) in [7, 11) is 0. The van der Waals surface area contributed by atoms with E-state index in [4.69, 9.17) is 4.74 Å². The molecule has 3 atom stereocenters. The Labute approximate surface area is 240 Å². The van der Waals surface area contributed by atoms with Crippen LogP contribution in [0.3, 0.4) is 0 Å². The van der Waals surface area contributed by atoms with Crippen molar-refractivity contribution in [2.75, 3.05) is 26.2 Å². The van der Waals surface area contributed by atoms with Gasteiger partial charge in [0, 0.05) is 37.5 Å². The molecule has 3 unspecified atom stereocenters. The first-order chi connectivity index (χ1) is 19.7. The van der Waals surface area contributed by atoms with Crippen molar-refractivity contribution in [1.29, 1.82) is 0 Å². The van der Waals surface area contributed by atoms with E-state index in [1.807, 2.05) is 66.7 Å². The number of amides is 2. The maximum Gasteiger partial charge on any atom is 0.407 e. The van der Waals surface area contributed by atoms with Crippen molar-refractivity contribution in [3.8, 4) is 11.1 Å². The number of rotatable bonds is 10. The quantitative estimate of drug-likeness (QED) is 0.336. The van der Waals surface area contributed by atoms with Gasteiger partial charge in [-0.1, -0.05) is 92.7 Å². The highest BCUT2D eigenvalue weighted by molar-refractivity contribution is 5.89. The summed E-state index contributed by atoms with van der Waals surface area (Å²) in [5.74, 6) is -1.53. The predicted octanol–water partition coefficient (Wildman–Crippen LogP) is 4.64. The van der Waals surface area contributed by atoms with Crippen molar-refractivity contribution < 1.29 is 24.2 Å². The normalized spacial score (nSPS) is 20.6. The lowest BCUT2D eigenvalue weighted by atomic mass is 9.81. The van der Waals surface area contributed by atoms with Crippen molar-refractivity contribution >= 4 is 18.0 Å². The van der Waals surface area contributed by atoms with Crippen molar-refractivity contribution in [1.82, 2.24) is 15.5 Å². The summed E-state index contributed by atoms with van der Waals surface area (Å²) in [6.07, 6.45) is -1.36. The first-order valence-electron chi connectivity index (χ1n) is 14.1. The summed E-state index contributed by atoms with van der Waals surface area (Å²) in [5.41, 5.74) is 5.40. The monoisotopic (exact) mass is 555 g/mol. The lowest BCUT2D eigenvalue weighted by Gasteiger charge is -2.30. The van der Waals surface area contributed by atoms with E-state index in [0.29, 0.717) is 12.5 Å². The Hall–Kier alpha value is -4.17. The number of aliphatic carboxylic acids is 1. The van der Waals surface area contributed by atoms with E-state index in [9.17, 15) is 19.5 Å². The zero-order chi connectivity index (χ0) is 29.0. The van der Waals surface area contributed by atoms with Crippen molar-refractivity contribution in [3.05, 3.63) is 95.6 Å². The van der Waals surface area contributed by atoms with Gasteiger partial charge in [-0.2, -0.15) is 0 Å². The van der Waals surface area contributed by atoms with Crippen LogP contribution in [0.5, 0.6) is 0 Å². The van der Waals surface area contributed by atoms with Gasteiger partial charge >= 0.3 is 12.1 Å². The Morgan fingerprint density at radius 1 is 0.976 bits per heavy atom. The van der Waals surface area contributed by atoms with Crippen molar-refractivity contribution in [2.45, 2.75) is 38.8 Å². The van der Waals surface area contributed by atoms with Gasteiger partial charge in [0.15, 0.2) is 0 Å². The maximum atomic E-state index is 13.1. The number of alkyl carbamates (subject to hydrolysis) is 1. The van der Waals surface area contributed by atoms with E-state index in [2.05, 4.69) is 41.5 Å².